The summed E-state index contributed by atoms with van der Waals surface area (Å²) in [5.41, 5.74) is 0. The van der Waals surface area contributed by atoms with Crippen LogP contribution in [0.5, 0.6) is 0 Å². The highest BCUT2D eigenvalue weighted by Gasteiger charge is 1.90. The van der Waals surface area contributed by atoms with Crippen LogP contribution in [0.25, 0.3) is 0 Å². The fourth-order valence-corrected chi connectivity index (χ4v) is 0.600. The molecule has 0 saturated heterocycles. The van der Waals surface area contributed by atoms with Gasteiger partial charge in [-0.2, -0.15) is 0 Å². The summed E-state index contributed by atoms with van der Waals surface area (Å²) in [7, 11) is 1.10. The van der Waals surface area contributed by atoms with Gasteiger partial charge in [-0.25, -0.2) is 0 Å². The van der Waals surface area contributed by atoms with Crippen molar-refractivity contribution in [1.29, 1.82) is 0 Å². The first kappa shape index (κ1) is 6.62. The van der Waals surface area contributed by atoms with E-state index in [0.29, 0.717) is 0 Å². The molecule has 0 fully saturated rings. The summed E-state index contributed by atoms with van der Waals surface area (Å²) in [6.07, 6.45) is -1.22. The van der Waals surface area contributed by atoms with Crippen LogP contribution in [0.2, 0.25) is 0 Å². The molecule has 0 heterocycles. The maximum absolute atomic E-state index is 8.04. The van der Waals surface area contributed by atoms with Gasteiger partial charge in [-0.3, -0.25) is 0 Å². The van der Waals surface area contributed by atoms with E-state index in [0.717, 1.165) is 10.8 Å². The lowest BCUT2D eigenvalue weighted by Crippen LogP contribution is -2.05. The Morgan fingerprint density at radius 2 is 2.17 bits per heavy atom. The van der Waals surface area contributed by atoms with E-state index in [1.165, 1.54) is 0 Å². The third-order valence-corrected chi connectivity index (χ3v) is 1.12. The molecule has 0 aliphatic heterocycles. The van der Waals surface area contributed by atoms with Crippen molar-refractivity contribution in [2.45, 2.75) is 6.29 Å². The van der Waals surface area contributed by atoms with Crippen molar-refractivity contribution in [3.8, 4) is 0 Å². The molecular weight excluding hydrogens is 120 g/mol. The summed E-state index contributed by atoms with van der Waals surface area (Å²) < 4.78 is 0. The van der Waals surface area contributed by atoms with Crippen molar-refractivity contribution >= 4 is 22.5 Å². The average molecular weight is 126 g/mol. The molecule has 0 aromatic rings. The summed E-state index contributed by atoms with van der Waals surface area (Å²) in [6, 6.07) is 0. The van der Waals surface area contributed by atoms with Gasteiger partial charge in [-0.15, -0.1) is 11.7 Å². The second-order valence-electron chi connectivity index (χ2n) is 0.776. The predicted molar refractivity (Wildman–Crippen MR) is 29.7 cm³/mol. The zero-order chi connectivity index (χ0) is 4.99. The Bertz CT molecular complexity index is 30.7. The van der Waals surface area contributed by atoms with Crippen molar-refractivity contribution in [3.63, 3.8) is 0 Å². The minimum absolute atomic E-state index is 0.267. The summed E-state index contributed by atoms with van der Waals surface area (Å²) in [4.78, 5) is 0. The number of aliphatic hydroxyl groups is 2. The fraction of sp³-hybridized carbons (Fsp3) is 1.00. The number of hydrogen-bond acceptors (Lipinski definition) is 4. The lowest BCUT2D eigenvalue weighted by Gasteiger charge is -1.93. The molecule has 0 amide bonds. The van der Waals surface area contributed by atoms with E-state index in [1.807, 2.05) is 0 Å². The van der Waals surface area contributed by atoms with Gasteiger partial charge in [0.15, 0.2) is 6.29 Å². The topological polar surface area (TPSA) is 40.5 Å². The molecule has 0 bridgehead atoms. The van der Waals surface area contributed by atoms with Crippen LogP contribution in [0.15, 0.2) is 0 Å². The lowest BCUT2D eigenvalue weighted by atomic mass is 10.8. The van der Waals surface area contributed by atoms with Gasteiger partial charge < -0.3 is 10.2 Å². The predicted octanol–water partition coefficient (Wildman–Crippen LogP) is -0.125. The molecule has 6 heavy (non-hydrogen) atoms. The van der Waals surface area contributed by atoms with Crippen molar-refractivity contribution < 1.29 is 10.2 Å². The van der Waals surface area contributed by atoms with Gasteiger partial charge in [0.2, 0.25) is 0 Å². The Morgan fingerprint density at radius 1 is 1.67 bits per heavy atom. The van der Waals surface area contributed by atoms with Gasteiger partial charge in [0.05, 0.1) is 5.75 Å². The highest BCUT2D eigenvalue weighted by atomic mass is 33.1. The van der Waals surface area contributed by atoms with E-state index in [-0.39, 0.29) is 5.75 Å². The second-order valence-corrected chi connectivity index (χ2v) is 2.14. The van der Waals surface area contributed by atoms with E-state index in [9.17, 15) is 0 Å². The standard InChI is InChI=1S/C2H6O2S2/c3-2(4)1-6-5/h2-5H,1H2. The summed E-state index contributed by atoms with van der Waals surface area (Å²) >= 11 is 3.66. The van der Waals surface area contributed by atoms with Gasteiger partial charge in [0, 0.05) is 0 Å². The molecule has 0 saturated carbocycles. The molecule has 2 N–H and O–H groups in total. The lowest BCUT2D eigenvalue weighted by molar-refractivity contribution is -0.0184. The molecule has 0 aliphatic carbocycles. The molecule has 2 nitrogen and oxygen atoms in total. The number of aliphatic hydroxyl groups excluding tert-OH is 1. The van der Waals surface area contributed by atoms with Crippen LogP contribution in [0.1, 0.15) is 0 Å². The van der Waals surface area contributed by atoms with Gasteiger partial charge >= 0.3 is 0 Å². The van der Waals surface area contributed by atoms with Gasteiger partial charge in [-0.1, -0.05) is 10.8 Å². The maximum Gasteiger partial charge on any atom is 0.161 e. The van der Waals surface area contributed by atoms with Crippen LogP contribution < -0.4 is 0 Å². The van der Waals surface area contributed by atoms with E-state index in [2.05, 4.69) is 11.7 Å². The van der Waals surface area contributed by atoms with Gasteiger partial charge in [0.25, 0.3) is 0 Å². The first-order valence-corrected chi connectivity index (χ1v) is 3.43. The highest BCUT2D eigenvalue weighted by molar-refractivity contribution is 8.68. The molecule has 0 unspecified atom stereocenters. The van der Waals surface area contributed by atoms with E-state index < -0.39 is 6.29 Å². The third kappa shape index (κ3) is 4.62. The smallest absolute Gasteiger partial charge is 0.161 e. The second kappa shape index (κ2) is 3.80. The Hall–Kier alpha value is 0.620. The van der Waals surface area contributed by atoms with Crippen molar-refractivity contribution in [3.05, 3.63) is 0 Å². The van der Waals surface area contributed by atoms with Crippen LogP contribution in [-0.2, 0) is 0 Å². The molecule has 4 heteroatoms. The zero-order valence-electron chi connectivity index (χ0n) is 3.03. The monoisotopic (exact) mass is 126 g/mol. The van der Waals surface area contributed by atoms with E-state index in [4.69, 9.17) is 10.2 Å². The molecule has 0 atom stereocenters. The molecule has 0 rings (SSSR count). The van der Waals surface area contributed by atoms with Crippen molar-refractivity contribution in [2.24, 2.45) is 0 Å². The minimum Gasteiger partial charge on any atom is -0.367 e. The Kier molecular flexibility index (Phi) is 4.19. The molecule has 0 aromatic carbocycles. The van der Waals surface area contributed by atoms with Crippen molar-refractivity contribution in [2.75, 3.05) is 5.75 Å². The SMILES string of the molecule is OC(O)CSS. The summed E-state index contributed by atoms with van der Waals surface area (Å²) in [6.45, 7) is 0. The minimum atomic E-state index is -1.22. The van der Waals surface area contributed by atoms with Crippen LogP contribution in [-0.4, -0.2) is 22.3 Å². The largest absolute Gasteiger partial charge is 0.367 e. The molecule has 38 valence electrons. The van der Waals surface area contributed by atoms with Crippen LogP contribution in [0.3, 0.4) is 0 Å². The number of rotatable bonds is 2. The zero-order valence-corrected chi connectivity index (χ0v) is 4.75. The van der Waals surface area contributed by atoms with E-state index >= 15 is 0 Å². The average Bonchev–Trinajstić information content (AvgIpc) is 1.35. The van der Waals surface area contributed by atoms with Crippen LogP contribution >= 0.6 is 22.5 Å². The summed E-state index contributed by atoms with van der Waals surface area (Å²) in [5, 5.41) is 16.1. The molecular formula is C2H6O2S2. The maximum atomic E-state index is 8.04. The molecule has 0 radical (unpaired) electrons. The van der Waals surface area contributed by atoms with Gasteiger partial charge in [-0.05, 0) is 0 Å². The third-order valence-electron chi connectivity index (χ3n) is 0.224. The highest BCUT2D eigenvalue weighted by Crippen LogP contribution is 2.03. The van der Waals surface area contributed by atoms with E-state index in [1.54, 1.807) is 0 Å². The first-order valence-electron chi connectivity index (χ1n) is 1.40. The van der Waals surface area contributed by atoms with Gasteiger partial charge in [0.1, 0.15) is 0 Å². The molecule has 0 aliphatic rings. The Morgan fingerprint density at radius 3 is 2.17 bits per heavy atom. The number of thiol groups is 1. The molecule has 0 spiro atoms. The normalized spacial score (nSPS) is 10.0. The van der Waals surface area contributed by atoms with Crippen molar-refractivity contribution in [1.82, 2.24) is 0 Å². The molecule has 0 aromatic heterocycles. The Labute approximate surface area is 45.4 Å². The Balaban J connectivity index is 2.63. The quantitative estimate of drug-likeness (QED) is 0.274. The fourth-order valence-electron chi connectivity index (χ4n) is 0.0667. The first-order chi connectivity index (χ1) is 2.77. The summed E-state index contributed by atoms with van der Waals surface area (Å²) in [5.74, 6) is 0.267. The van der Waals surface area contributed by atoms with Crippen LogP contribution in [0, 0.1) is 0 Å². The van der Waals surface area contributed by atoms with Crippen LogP contribution in [0.4, 0.5) is 0 Å². The number of hydrogen-bond donors (Lipinski definition) is 3.